The molecular weight excluding hydrogens is 326 g/mol. The highest BCUT2D eigenvalue weighted by molar-refractivity contribution is 5.97. The van der Waals surface area contributed by atoms with E-state index in [-0.39, 0.29) is 30.6 Å². The number of imidazole rings is 1. The Labute approximate surface area is 152 Å². The van der Waals surface area contributed by atoms with E-state index in [0.29, 0.717) is 5.56 Å². The number of hydrogen-bond donors (Lipinski definition) is 1. The molecule has 26 heavy (non-hydrogen) atoms. The Balaban J connectivity index is 1.51. The Kier molecular flexibility index (Phi) is 5.59. The van der Waals surface area contributed by atoms with E-state index in [1.807, 2.05) is 60.2 Å². The number of rotatable bonds is 7. The molecule has 3 aromatic rings. The number of carbonyl (C=O) groups is 2. The Morgan fingerprint density at radius 3 is 2.42 bits per heavy atom. The smallest absolute Gasteiger partial charge is 0.220 e. The first kappa shape index (κ1) is 17.6. The average molecular weight is 347 g/mol. The van der Waals surface area contributed by atoms with Crippen LogP contribution in [0.4, 0.5) is 0 Å². The van der Waals surface area contributed by atoms with Crippen LogP contribution in [0.3, 0.4) is 0 Å². The van der Waals surface area contributed by atoms with Crippen LogP contribution in [0.1, 0.15) is 41.7 Å². The number of amides is 1. The van der Waals surface area contributed by atoms with Gasteiger partial charge in [0.05, 0.1) is 12.4 Å². The molecule has 5 heteroatoms. The summed E-state index contributed by atoms with van der Waals surface area (Å²) in [6.45, 7) is 1.93. The summed E-state index contributed by atoms with van der Waals surface area (Å²) in [5.41, 5.74) is 2.67. The number of nitrogens with zero attached hydrogens (tertiary/aromatic N) is 2. The number of ketones is 1. The van der Waals surface area contributed by atoms with Crippen molar-refractivity contribution in [3.63, 3.8) is 0 Å². The van der Waals surface area contributed by atoms with E-state index in [1.165, 1.54) is 0 Å². The SMILES string of the molecule is CC(NC(=O)CCC(=O)c1ccccc1)c1ccc(-n2ccnc2)cc1. The lowest BCUT2D eigenvalue weighted by molar-refractivity contribution is -0.121. The van der Waals surface area contributed by atoms with E-state index >= 15 is 0 Å². The van der Waals surface area contributed by atoms with Gasteiger partial charge in [-0.3, -0.25) is 9.59 Å². The van der Waals surface area contributed by atoms with E-state index in [4.69, 9.17) is 0 Å². The molecule has 0 aliphatic heterocycles. The van der Waals surface area contributed by atoms with Gasteiger partial charge in [0.15, 0.2) is 5.78 Å². The van der Waals surface area contributed by atoms with Gasteiger partial charge >= 0.3 is 0 Å². The topological polar surface area (TPSA) is 64.0 Å². The summed E-state index contributed by atoms with van der Waals surface area (Å²) in [7, 11) is 0. The van der Waals surface area contributed by atoms with Crippen LogP contribution in [0.15, 0.2) is 73.3 Å². The molecule has 0 aliphatic rings. The quantitative estimate of drug-likeness (QED) is 0.663. The second-order valence-electron chi connectivity index (χ2n) is 6.14. The van der Waals surface area contributed by atoms with Crippen LogP contribution >= 0.6 is 0 Å². The van der Waals surface area contributed by atoms with Crippen LogP contribution < -0.4 is 5.32 Å². The third-order valence-electron chi connectivity index (χ3n) is 4.25. The minimum atomic E-state index is -0.125. The highest BCUT2D eigenvalue weighted by Crippen LogP contribution is 2.16. The number of benzene rings is 2. The first-order chi connectivity index (χ1) is 12.6. The molecule has 2 aromatic carbocycles. The van der Waals surface area contributed by atoms with Gasteiger partial charge in [0, 0.05) is 36.5 Å². The summed E-state index contributed by atoms with van der Waals surface area (Å²) >= 11 is 0. The highest BCUT2D eigenvalue weighted by Gasteiger charge is 2.12. The predicted octanol–water partition coefficient (Wildman–Crippen LogP) is 3.71. The lowest BCUT2D eigenvalue weighted by Gasteiger charge is -2.15. The first-order valence-corrected chi connectivity index (χ1v) is 8.59. The minimum absolute atomic E-state index is 0.0157. The largest absolute Gasteiger partial charge is 0.350 e. The zero-order chi connectivity index (χ0) is 18.4. The number of carbonyl (C=O) groups excluding carboxylic acids is 2. The van der Waals surface area contributed by atoms with Crippen LogP contribution in [0.2, 0.25) is 0 Å². The van der Waals surface area contributed by atoms with E-state index in [2.05, 4.69) is 10.3 Å². The number of Topliss-reactive ketones (excluding diaryl/α,β-unsaturated/α-hetero) is 1. The van der Waals surface area contributed by atoms with Gasteiger partial charge in [-0.15, -0.1) is 0 Å². The molecule has 132 valence electrons. The molecule has 1 aromatic heterocycles. The summed E-state index contributed by atoms with van der Waals surface area (Å²) < 4.78 is 1.92. The second kappa shape index (κ2) is 8.25. The van der Waals surface area contributed by atoms with Gasteiger partial charge in [-0.2, -0.15) is 0 Å². The van der Waals surface area contributed by atoms with Crippen molar-refractivity contribution in [2.24, 2.45) is 0 Å². The van der Waals surface area contributed by atoms with Gasteiger partial charge in [0.25, 0.3) is 0 Å². The predicted molar refractivity (Wildman–Crippen MR) is 100 cm³/mol. The number of hydrogen-bond acceptors (Lipinski definition) is 3. The Morgan fingerprint density at radius 2 is 1.77 bits per heavy atom. The molecule has 0 saturated carbocycles. The van der Waals surface area contributed by atoms with E-state index in [1.54, 1.807) is 24.7 Å². The number of aromatic nitrogens is 2. The maximum Gasteiger partial charge on any atom is 0.220 e. The molecule has 0 spiro atoms. The van der Waals surface area contributed by atoms with Crippen LogP contribution in [-0.4, -0.2) is 21.2 Å². The van der Waals surface area contributed by atoms with E-state index in [9.17, 15) is 9.59 Å². The van der Waals surface area contributed by atoms with Crippen molar-refractivity contribution < 1.29 is 9.59 Å². The molecular formula is C21H21N3O2. The first-order valence-electron chi connectivity index (χ1n) is 8.59. The maximum atomic E-state index is 12.1. The van der Waals surface area contributed by atoms with Crippen molar-refractivity contribution in [2.75, 3.05) is 0 Å². The lowest BCUT2D eigenvalue weighted by atomic mass is 10.1. The fourth-order valence-corrected chi connectivity index (χ4v) is 2.74. The second-order valence-corrected chi connectivity index (χ2v) is 6.14. The zero-order valence-electron chi connectivity index (χ0n) is 14.6. The monoisotopic (exact) mass is 347 g/mol. The van der Waals surface area contributed by atoms with Gasteiger partial charge in [-0.05, 0) is 24.6 Å². The van der Waals surface area contributed by atoms with Gasteiger partial charge in [-0.25, -0.2) is 4.98 Å². The molecule has 1 N–H and O–H groups in total. The summed E-state index contributed by atoms with van der Waals surface area (Å²) in [5.74, 6) is -0.140. The molecule has 1 heterocycles. The molecule has 0 saturated heterocycles. The Hall–Kier alpha value is -3.21. The van der Waals surface area contributed by atoms with Crippen molar-refractivity contribution in [3.05, 3.63) is 84.4 Å². The normalized spacial score (nSPS) is 11.7. The summed E-state index contributed by atoms with van der Waals surface area (Å²) in [6, 6.07) is 16.9. The standard InChI is InChI=1S/C21H21N3O2/c1-16(17-7-9-19(10-8-17)24-14-13-22-15-24)23-21(26)12-11-20(25)18-5-3-2-4-6-18/h2-10,13-16H,11-12H2,1H3,(H,23,26). The zero-order valence-corrected chi connectivity index (χ0v) is 14.6. The highest BCUT2D eigenvalue weighted by atomic mass is 16.2. The fourth-order valence-electron chi connectivity index (χ4n) is 2.74. The van der Waals surface area contributed by atoms with Crippen LogP contribution in [0.25, 0.3) is 5.69 Å². The lowest BCUT2D eigenvalue weighted by Crippen LogP contribution is -2.27. The summed E-state index contributed by atoms with van der Waals surface area (Å²) in [6.07, 6.45) is 5.74. The third-order valence-corrected chi connectivity index (χ3v) is 4.25. The number of nitrogens with one attached hydrogen (secondary N) is 1. The van der Waals surface area contributed by atoms with Crippen molar-refractivity contribution >= 4 is 11.7 Å². The molecule has 5 nitrogen and oxygen atoms in total. The van der Waals surface area contributed by atoms with Gasteiger partial charge in [0.2, 0.25) is 5.91 Å². The molecule has 3 rings (SSSR count). The van der Waals surface area contributed by atoms with E-state index in [0.717, 1.165) is 11.3 Å². The van der Waals surface area contributed by atoms with Crippen molar-refractivity contribution in [1.29, 1.82) is 0 Å². The maximum absolute atomic E-state index is 12.1. The van der Waals surface area contributed by atoms with Gasteiger partial charge < -0.3 is 9.88 Å². The third kappa shape index (κ3) is 4.45. The Bertz CT molecular complexity index is 856. The molecule has 0 bridgehead atoms. The van der Waals surface area contributed by atoms with Crippen molar-refractivity contribution in [3.8, 4) is 5.69 Å². The van der Waals surface area contributed by atoms with Gasteiger partial charge in [0.1, 0.15) is 0 Å². The van der Waals surface area contributed by atoms with Crippen molar-refractivity contribution in [2.45, 2.75) is 25.8 Å². The summed E-state index contributed by atoms with van der Waals surface area (Å²) in [4.78, 5) is 28.2. The van der Waals surface area contributed by atoms with E-state index < -0.39 is 0 Å². The van der Waals surface area contributed by atoms with Crippen LogP contribution in [0, 0.1) is 0 Å². The molecule has 1 unspecified atom stereocenters. The molecule has 1 amide bonds. The molecule has 0 fully saturated rings. The van der Waals surface area contributed by atoms with Gasteiger partial charge in [-0.1, -0.05) is 42.5 Å². The summed E-state index contributed by atoms with van der Waals surface area (Å²) in [5, 5.41) is 2.95. The fraction of sp³-hybridized carbons (Fsp3) is 0.190. The molecule has 0 radical (unpaired) electrons. The Morgan fingerprint density at radius 1 is 1.04 bits per heavy atom. The van der Waals surface area contributed by atoms with Crippen molar-refractivity contribution in [1.82, 2.24) is 14.9 Å². The van der Waals surface area contributed by atoms with Crippen LogP contribution in [0.5, 0.6) is 0 Å². The molecule has 0 aliphatic carbocycles. The molecule has 1 atom stereocenters. The minimum Gasteiger partial charge on any atom is -0.350 e. The van der Waals surface area contributed by atoms with Crippen LogP contribution in [-0.2, 0) is 4.79 Å². The average Bonchev–Trinajstić information content (AvgIpc) is 3.21.